The number of hydrogen-bond donors (Lipinski definition) is 0. The molecule has 3 rings (SSSR count). The fourth-order valence-corrected chi connectivity index (χ4v) is 3.37. The maximum atomic E-state index is 11.1. The zero-order valence-corrected chi connectivity index (χ0v) is 11.5. The van der Waals surface area contributed by atoms with Crippen LogP contribution in [0.1, 0.15) is 39.5 Å². The molecule has 0 N–H and O–H groups in total. The quantitative estimate of drug-likeness (QED) is 0.675. The van der Waals surface area contributed by atoms with E-state index in [2.05, 4.69) is 0 Å². The van der Waals surface area contributed by atoms with Crippen molar-refractivity contribution in [1.82, 2.24) is 0 Å². The lowest BCUT2D eigenvalue weighted by atomic mass is 9.88. The molecule has 0 aromatic heterocycles. The summed E-state index contributed by atoms with van der Waals surface area (Å²) in [6.07, 6.45) is 3.93. The maximum absolute atomic E-state index is 11.1. The lowest BCUT2D eigenvalue weighted by Gasteiger charge is -2.48. The molecule has 0 aromatic carbocycles. The fraction of sp³-hybridized carbons (Fsp3) is 0.929. The van der Waals surface area contributed by atoms with E-state index in [0.29, 0.717) is 0 Å². The fourth-order valence-electron chi connectivity index (χ4n) is 3.37. The summed E-state index contributed by atoms with van der Waals surface area (Å²) < 4.78 is 23.2. The third kappa shape index (κ3) is 2.78. The third-order valence-corrected chi connectivity index (χ3v) is 4.30. The van der Waals surface area contributed by atoms with Crippen molar-refractivity contribution >= 4 is 5.97 Å². The van der Waals surface area contributed by atoms with Crippen molar-refractivity contribution in [2.75, 3.05) is 6.61 Å². The van der Waals surface area contributed by atoms with Gasteiger partial charge in [-0.15, -0.1) is 0 Å². The standard InChI is InChI=1S/C14H22O5/c1-8-11(18-9(2)15)6-14-13(17-8)7-12-10(19-14)4-3-5-16-12/h8,10-14H,3-7H2,1-2H3/t8-,10+,11+,12-,13+,14-/m0/s1. The van der Waals surface area contributed by atoms with Crippen molar-refractivity contribution in [3.05, 3.63) is 0 Å². The molecule has 3 fully saturated rings. The molecule has 0 radical (unpaired) electrons. The molecule has 5 heteroatoms. The van der Waals surface area contributed by atoms with Gasteiger partial charge >= 0.3 is 5.97 Å². The molecule has 0 aliphatic carbocycles. The number of fused-ring (bicyclic) bond motifs is 2. The predicted octanol–water partition coefficient (Wildman–Crippen LogP) is 1.43. The average Bonchev–Trinajstić information content (AvgIpc) is 2.37. The molecular formula is C14H22O5. The van der Waals surface area contributed by atoms with Gasteiger partial charge in [0.1, 0.15) is 6.10 Å². The van der Waals surface area contributed by atoms with Gasteiger partial charge in [0.05, 0.1) is 30.5 Å². The Morgan fingerprint density at radius 3 is 2.68 bits per heavy atom. The van der Waals surface area contributed by atoms with Crippen LogP contribution in [0.4, 0.5) is 0 Å². The molecule has 0 spiro atoms. The molecule has 3 aliphatic heterocycles. The summed E-state index contributed by atoms with van der Waals surface area (Å²) in [5.74, 6) is -0.256. The minimum atomic E-state index is -0.256. The molecule has 3 saturated heterocycles. The van der Waals surface area contributed by atoms with E-state index in [1.165, 1.54) is 6.92 Å². The number of ether oxygens (including phenoxy) is 4. The Kier molecular flexibility index (Phi) is 3.78. The van der Waals surface area contributed by atoms with Crippen LogP contribution in [0.15, 0.2) is 0 Å². The largest absolute Gasteiger partial charge is 0.460 e. The summed E-state index contributed by atoms with van der Waals surface area (Å²) in [5, 5.41) is 0. The van der Waals surface area contributed by atoms with Crippen LogP contribution in [0, 0.1) is 0 Å². The molecule has 3 heterocycles. The summed E-state index contributed by atoms with van der Waals surface area (Å²) in [4.78, 5) is 11.1. The van der Waals surface area contributed by atoms with E-state index in [1.54, 1.807) is 0 Å². The van der Waals surface area contributed by atoms with E-state index in [9.17, 15) is 4.79 Å². The first-order chi connectivity index (χ1) is 9.13. The van der Waals surface area contributed by atoms with Crippen LogP contribution in [0.5, 0.6) is 0 Å². The van der Waals surface area contributed by atoms with Crippen LogP contribution < -0.4 is 0 Å². The van der Waals surface area contributed by atoms with E-state index in [1.807, 2.05) is 6.92 Å². The Hall–Kier alpha value is -0.650. The van der Waals surface area contributed by atoms with E-state index < -0.39 is 0 Å². The second-order valence-corrected chi connectivity index (χ2v) is 5.76. The van der Waals surface area contributed by atoms with Gasteiger partial charge in [-0.2, -0.15) is 0 Å². The molecule has 19 heavy (non-hydrogen) atoms. The Morgan fingerprint density at radius 2 is 1.89 bits per heavy atom. The summed E-state index contributed by atoms with van der Waals surface area (Å²) in [6, 6.07) is 0. The molecule has 0 unspecified atom stereocenters. The number of esters is 1. The molecule has 0 saturated carbocycles. The first kappa shape index (κ1) is 13.3. The van der Waals surface area contributed by atoms with E-state index in [4.69, 9.17) is 18.9 Å². The van der Waals surface area contributed by atoms with Gasteiger partial charge in [-0.1, -0.05) is 0 Å². The van der Waals surface area contributed by atoms with Gasteiger partial charge < -0.3 is 18.9 Å². The molecule has 108 valence electrons. The minimum Gasteiger partial charge on any atom is -0.460 e. The van der Waals surface area contributed by atoms with Crippen LogP contribution in [-0.2, 0) is 23.7 Å². The number of hydrogen-bond acceptors (Lipinski definition) is 5. The van der Waals surface area contributed by atoms with Gasteiger partial charge in [0, 0.05) is 26.4 Å². The van der Waals surface area contributed by atoms with Crippen LogP contribution in [0.2, 0.25) is 0 Å². The van der Waals surface area contributed by atoms with Gasteiger partial charge in [0.25, 0.3) is 0 Å². The molecule has 6 atom stereocenters. The van der Waals surface area contributed by atoms with Crippen LogP contribution in [0.3, 0.4) is 0 Å². The molecule has 5 nitrogen and oxygen atoms in total. The van der Waals surface area contributed by atoms with Crippen molar-refractivity contribution in [3.63, 3.8) is 0 Å². The Labute approximate surface area is 113 Å². The smallest absolute Gasteiger partial charge is 0.302 e. The summed E-state index contributed by atoms with van der Waals surface area (Å²) in [6.45, 7) is 4.22. The molecule has 0 bridgehead atoms. The first-order valence-corrected chi connectivity index (χ1v) is 7.23. The van der Waals surface area contributed by atoms with Crippen molar-refractivity contribution in [2.24, 2.45) is 0 Å². The Balaban J connectivity index is 1.65. The SMILES string of the molecule is CC(=O)O[C@@H]1C[C@@H]2O[C@@H]3CCCO[C@H]3C[C@H]2O[C@H]1C. The Bertz CT molecular complexity index is 345. The highest BCUT2D eigenvalue weighted by Crippen LogP contribution is 2.36. The van der Waals surface area contributed by atoms with Crippen LogP contribution in [0.25, 0.3) is 0 Å². The molecule has 0 aromatic rings. The van der Waals surface area contributed by atoms with Gasteiger partial charge in [0.2, 0.25) is 0 Å². The zero-order chi connectivity index (χ0) is 13.4. The third-order valence-electron chi connectivity index (χ3n) is 4.30. The monoisotopic (exact) mass is 270 g/mol. The minimum absolute atomic E-state index is 0.0310. The van der Waals surface area contributed by atoms with Crippen molar-refractivity contribution in [3.8, 4) is 0 Å². The van der Waals surface area contributed by atoms with E-state index >= 15 is 0 Å². The highest BCUT2D eigenvalue weighted by molar-refractivity contribution is 5.66. The highest BCUT2D eigenvalue weighted by atomic mass is 16.6. The summed E-state index contributed by atoms with van der Waals surface area (Å²) >= 11 is 0. The van der Waals surface area contributed by atoms with Gasteiger partial charge in [-0.3, -0.25) is 4.79 Å². The second-order valence-electron chi connectivity index (χ2n) is 5.76. The average molecular weight is 270 g/mol. The van der Waals surface area contributed by atoms with E-state index in [-0.39, 0.29) is 42.6 Å². The number of rotatable bonds is 1. The molecule has 0 amide bonds. The lowest BCUT2D eigenvalue weighted by Crippen LogP contribution is -2.57. The van der Waals surface area contributed by atoms with Crippen molar-refractivity contribution < 1.29 is 23.7 Å². The number of carbonyl (C=O) groups is 1. The van der Waals surface area contributed by atoms with Gasteiger partial charge in [-0.25, -0.2) is 0 Å². The first-order valence-electron chi connectivity index (χ1n) is 7.23. The topological polar surface area (TPSA) is 54.0 Å². The predicted molar refractivity (Wildman–Crippen MR) is 66.8 cm³/mol. The maximum Gasteiger partial charge on any atom is 0.302 e. The normalized spacial score (nSPS) is 46.0. The van der Waals surface area contributed by atoms with Crippen molar-refractivity contribution in [1.29, 1.82) is 0 Å². The lowest BCUT2D eigenvalue weighted by molar-refractivity contribution is -0.258. The van der Waals surface area contributed by atoms with Crippen LogP contribution >= 0.6 is 0 Å². The zero-order valence-electron chi connectivity index (χ0n) is 11.5. The Morgan fingerprint density at radius 1 is 1.11 bits per heavy atom. The van der Waals surface area contributed by atoms with Crippen molar-refractivity contribution in [2.45, 2.75) is 76.2 Å². The number of carbonyl (C=O) groups excluding carboxylic acids is 1. The molecule has 3 aliphatic rings. The summed E-state index contributed by atoms with van der Waals surface area (Å²) in [7, 11) is 0. The summed E-state index contributed by atoms with van der Waals surface area (Å²) in [5.41, 5.74) is 0. The van der Waals surface area contributed by atoms with Gasteiger partial charge in [0.15, 0.2) is 0 Å². The van der Waals surface area contributed by atoms with Crippen LogP contribution in [-0.4, -0.2) is 49.2 Å². The second kappa shape index (κ2) is 5.38. The van der Waals surface area contributed by atoms with Gasteiger partial charge in [-0.05, 0) is 19.8 Å². The highest BCUT2D eigenvalue weighted by Gasteiger charge is 2.46. The van der Waals surface area contributed by atoms with E-state index in [0.717, 1.165) is 32.3 Å². The molecular weight excluding hydrogens is 248 g/mol.